The molecule has 2 aromatic rings. The van der Waals surface area contributed by atoms with E-state index in [1.54, 1.807) is 10.6 Å². The molecule has 4 N–H and O–H groups in total. The third kappa shape index (κ3) is 3.46. The van der Waals surface area contributed by atoms with Crippen molar-refractivity contribution in [1.82, 2.24) is 19.5 Å². The van der Waals surface area contributed by atoms with Crippen LogP contribution in [0.15, 0.2) is 10.9 Å². The zero-order valence-corrected chi connectivity index (χ0v) is 16.6. The Morgan fingerprint density at radius 3 is 2.64 bits per heavy atom. The van der Waals surface area contributed by atoms with Gasteiger partial charge in [-0.25, -0.2) is 0 Å². The van der Waals surface area contributed by atoms with E-state index in [2.05, 4.69) is 10.4 Å². The van der Waals surface area contributed by atoms with Gasteiger partial charge >= 0.3 is 0 Å². The summed E-state index contributed by atoms with van der Waals surface area (Å²) in [6.07, 6.45) is 2.65. The Bertz CT molecular complexity index is 982. The van der Waals surface area contributed by atoms with Crippen LogP contribution in [0.5, 0.6) is 5.88 Å². The van der Waals surface area contributed by atoms with Crippen LogP contribution in [0.3, 0.4) is 0 Å². The molecule has 1 aliphatic carbocycles. The number of nitrogens with one attached hydrogen (secondary N) is 1. The lowest BCUT2D eigenvalue weighted by atomic mass is 9.96. The molecule has 0 bridgehead atoms. The van der Waals surface area contributed by atoms with Gasteiger partial charge in [0.1, 0.15) is 5.65 Å². The number of anilines is 1. The number of nitrogens with zero attached hydrogens (tertiary/aromatic N) is 4. The van der Waals surface area contributed by atoms with Gasteiger partial charge in [0, 0.05) is 37.8 Å². The number of aromatic hydroxyl groups is 1. The Kier molecular flexibility index (Phi) is 4.37. The number of carbonyl (C=O) groups excluding carboxylic acids is 1. The summed E-state index contributed by atoms with van der Waals surface area (Å²) in [6, 6.07) is 1.94. The fourth-order valence-electron chi connectivity index (χ4n) is 3.61. The second-order valence-electron chi connectivity index (χ2n) is 9.17. The van der Waals surface area contributed by atoms with Crippen LogP contribution >= 0.6 is 0 Å². The van der Waals surface area contributed by atoms with Crippen molar-refractivity contribution in [2.45, 2.75) is 58.7 Å². The molecule has 0 spiro atoms. The van der Waals surface area contributed by atoms with E-state index >= 15 is 0 Å². The molecule has 152 valence electrons. The average molecular weight is 388 g/mol. The minimum Gasteiger partial charge on any atom is -0.494 e. The maximum Gasteiger partial charge on any atom is 0.291 e. The molecule has 28 heavy (non-hydrogen) atoms. The van der Waals surface area contributed by atoms with E-state index in [1.165, 1.54) is 4.52 Å². The van der Waals surface area contributed by atoms with Gasteiger partial charge < -0.3 is 21.1 Å². The highest BCUT2D eigenvalue weighted by Crippen LogP contribution is 2.28. The van der Waals surface area contributed by atoms with Crippen LogP contribution in [0.25, 0.3) is 5.65 Å². The summed E-state index contributed by atoms with van der Waals surface area (Å²) in [5.41, 5.74) is 5.43. The highest BCUT2D eigenvalue weighted by Gasteiger charge is 2.31. The fourth-order valence-corrected chi connectivity index (χ4v) is 3.61. The number of fused-ring (bicyclic) bond motifs is 1. The predicted octanol–water partition coefficient (Wildman–Crippen LogP) is 0.677. The van der Waals surface area contributed by atoms with Crippen LogP contribution in [0.2, 0.25) is 0 Å². The van der Waals surface area contributed by atoms with Gasteiger partial charge in [-0.15, -0.1) is 5.10 Å². The van der Waals surface area contributed by atoms with E-state index in [-0.39, 0.29) is 28.9 Å². The van der Waals surface area contributed by atoms with Gasteiger partial charge in [0.15, 0.2) is 11.4 Å². The molecule has 2 aliphatic rings. The molecule has 2 aromatic heterocycles. The van der Waals surface area contributed by atoms with Crippen molar-refractivity contribution in [3.05, 3.63) is 22.0 Å². The Morgan fingerprint density at radius 1 is 1.36 bits per heavy atom. The number of rotatable bonds is 4. The summed E-state index contributed by atoms with van der Waals surface area (Å²) in [5, 5.41) is 18.1. The molecule has 1 saturated carbocycles. The molecule has 4 rings (SSSR count). The van der Waals surface area contributed by atoms with Gasteiger partial charge in [-0.2, -0.15) is 4.52 Å². The first-order valence-electron chi connectivity index (χ1n) is 9.81. The summed E-state index contributed by atoms with van der Waals surface area (Å²) in [7, 11) is 0. The first kappa shape index (κ1) is 18.8. The summed E-state index contributed by atoms with van der Waals surface area (Å²) in [4.78, 5) is 27.7. The van der Waals surface area contributed by atoms with E-state index < -0.39 is 11.5 Å². The van der Waals surface area contributed by atoms with Crippen LogP contribution in [-0.4, -0.2) is 50.4 Å². The van der Waals surface area contributed by atoms with Crippen molar-refractivity contribution in [2.75, 3.05) is 18.0 Å². The van der Waals surface area contributed by atoms with E-state index in [9.17, 15) is 14.7 Å². The lowest BCUT2D eigenvalue weighted by Gasteiger charge is -2.23. The molecule has 0 aromatic carbocycles. The average Bonchev–Trinajstić information content (AvgIpc) is 3.12. The van der Waals surface area contributed by atoms with Gasteiger partial charge in [0.2, 0.25) is 5.88 Å². The van der Waals surface area contributed by atoms with Crippen LogP contribution in [0.1, 0.15) is 50.4 Å². The quantitative estimate of drug-likeness (QED) is 0.709. The van der Waals surface area contributed by atoms with Gasteiger partial charge in [0.05, 0.1) is 0 Å². The summed E-state index contributed by atoms with van der Waals surface area (Å²) >= 11 is 0. The van der Waals surface area contributed by atoms with E-state index in [1.807, 2.05) is 25.7 Å². The minimum atomic E-state index is -0.606. The molecule has 1 atom stereocenters. The fraction of sp³-hybridized carbons (Fsp3) is 0.632. The molecule has 9 heteroatoms. The van der Waals surface area contributed by atoms with E-state index in [0.717, 1.165) is 25.8 Å². The summed E-state index contributed by atoms with van der Waals surface area (Å²) in [6.45, 7) is 7.94. The van der Waals surface area contributed by atoms with Gasteiger partial charge in [-0.1, -0.05) is 20.8 Å². The first-order valence-corrected chi connectivity index (χ1v) is 9.81. The monoisotopic (exact) mass is 388 g/mol. The largest absolute Gasteiger partial charge is 0.494 e. The zero-order chi connectivity index (χ0) is 20.2. The summed E-state index contributed by atoms with van der Waals surface area (Å²) in [5.74, 6) is -0.225. The zero-order valence-electron chi connectivity index (χ0n) is 16.6. The number of aromatic nitrogens is 3. The van der Waals surface area contributed by atoms with E-state index in [4.69, 9.17) is 5.73 Å². The third-order valence-corrected chi connectivity index (χ3v) is 5.16. The second-order valence-corrected chi connectivity index (χ2v) is 9.17. The number of carbonyl (C=O) groups is 1. The highest BCUT2D eigenvalue weighted by molar-refractivity contribution is 5.96. The van der Waals surface area contributed by atoms with E-state index in [0.29, 0.717) is 24.6 Å². The van der Waals surface area contributed by atoms with Gasteiger partial charge in [-0.3, -0.25) is 14.2 Å². The molecule has 1 amide bonds. The van der Waals surface area contributed by atoms with Crippen molar-refractivity contribution in [3.8, 4) is 5.88 Å². The smallest absolute Gasteiger partial charge is 0.291 e. The van der Waals surface area contributed by atoms with Crippen molar-refractivity contribution in [1.29, 1.82) is 0 Å². The Hall–Kier alpha value is -2.55. The SMILES string of the molecule is CC(C)(C)Cn1c(O)c(C(=O)NC2CC2)c(=O)n2nc(N3CCC(N)C3)cc12. The van der Waals surface area contributed by atoms with Crippen molar-refractivity contribution in [3.63, 3.8) is 0 Å². The van der Waals surface area contributed by atoms with Crippen LogP contribution in [0, 0.1) is 5.41 Å². The van der Waals surface area contributed by atoms with Crippen LogP contribution < -0.4 is 21.5 Å². The normalized spacial score (nSPS) is 20.1. The maximum absolute atomic E-state index is 13.0. The third-order valence-electron chi connectivity index (χ3n) is 5.16. The standard InChI is InChI=1S/C19H28N6O3/c1-19(2,3)10-24-14-8-13(23-7-6-11(20)9-23)22-25(14)18(28)15(17(24)27)16(26)21-12-4-5-12/h8,11-12,27H,4-7,9-10,20H2,1-3H3,(H,21,26). The topological polar surface area (TPSA) is 118 Å². The molecule has 0 radical (unpaired) electrons. The Balaban J connectivity index is 1.87. The van der Waals surface area contributed by atoms with Crippen LogP contribution in [0.4, 0.5) is 5.82 Å². The molecular weight excluding hydrogens is 360 g/mol. The molecule has 9 nitrogen and oxygen atoms in total. The number of hydrogen-bond acceptors (Lipinski definition) is 6. The van der Waals surface area contributed by atoms with Gasteiger partial charge in [-0.05, 0) is 24.7 Å². The van der Waals surface area contributed by atoms with Gasteiger partial charge in [0.25, 0.3) is 11.5 Å². The predicted molar refractivity (Wildman–Crippen MR) is 106 cm³/mol. The van der Waals surface area contributed by atoms with Crippen LogP contribution in [-0.2, 0) is 6.54 Å². The number of nitrogens with two attached hydrogens (primary N) is 1. The molecule has 1 aliphatic heterocycles. The first-order chi connectivity index (χ1) is 13.1. The maximum atomic E-state index is 13.0. The molecule has 2 fully saturated rings. The Morgan fingerprint density at radius 2 is 2.07 bits per heavy atom. The lowest BCUT2D eigenvalue weighted by Crippen LogP contribution is -2.35. The van der Waals surface area contributed by atoms with Crippen molar-refractivity contribution in [2.24, 2.45) is 11.1 Å². The number of amides is 1. The lowest BCUT2D eigenvalue weighted by molar-refractivity contribution is 0.0944. The number of hydrogen-bond donors (Lipinski definition) is 3. The molecular formula is C19H28N6O3. The minimum absolute atomic E-state index is 0.0755. The molecule has 1 unspecified atom stereocenters. The molecule has 1 saturated heterocycles. The van der Waals surface area contributed by atoms with Crippen molar-refractivity contribution < 1.29 is 9.90 Å². The molecule has 3 heterocycles. The Labute approximate surface area is 163 Å². The van der Waals surface area contributed by atoms with Crippen molar-refractivity contribution >= 4 is 17.4 Å². The second kappa shape index (κ2) is 6.51. The summed E-state index contributed by atoms with van der Waals surface area (Å²) < 4.78 is 2.84. The highest BCUT2D eigenvalue weighted by atomic mass is 16.3.